The monoisotopic (exact) mass is 853 g/mol. The van der Waals surface area contributed by atoms with E-state index in [2.05, 4.69) is 20.8 Å². The molecule has 17 heteroatoms. The highest BCUT2D eigenvalue weighted by molar-refractivity contribution is 6.08. The lowest BCUT2D eigenvalue weighted by Crippen LogP contribution is -2.62. The SMILES string of the molecule is CC[C@H]1OC(=O)[C@@](C)(F)C(=O)[C@H](C)[C@@H](O[C@@H]2O[C@H](C)C[C@H](N(C)C)[C@H]2O)[C@](C)(OC(=O)NC/C=C/c2ccc(-c3cccnn3)cc2)C[C@@H](C)C(=O)[C@H](C)[C@@H]2NC(=O)O[C@]12C. The van der Waals surface area contributed by atoms with Crippen molar-refractivity contribution in [3.63, 3.8) is 0 Å². The zero-order valence-electron chi connectivity index (χ0n) is 36.5. The fourth-order valence-corrected chi connectivity index (χ4v) is 8.89. The van der Waals surface area contributed by atoms with Crippen LogP contribution in [0.25, 0.3) is 17.3 Å². The molecule has 0 spiro atoms. The summed E-state index contributed by atoms with van der Waals surface area (Å²) in [4.78, 5) is 70.9. The van der Waals surface area contributed by atoms with Gasteiger partial charge in [0.15, 0.2) is 17.7 Å². The van der Waals surface area contributed by atoms with Gasteiger partial charge in [-0.1, -0.05) is 64.1 Å². The number of cyclic esters (lactones) is 1. The molecule has 3 aliphatic heterocycles. The number of alkyl carbamates (subject to hydrolysis) is 2. The highest BCUT2D eigenvalue weighted by Crippen LogP contribution is 2.41. The summed E-state index contributed by atoms with van der Waals surface area (Å²) < 4.78 is 46.9. The quantitative estimate of drug-likeness (QED) is 0.176. The zero-order valence-corrected chi connectivity index (χ0v) is 36.5. The fourth-order valence-electron chi connectivity index (χ4n) is 8.89. The number of carbonyl (C=O) groups excluding carboxylic acids is 5. The minimum Gasteiger partial charge on any atom is -0.455 e. The van der Waals surface area contributed by atoms with E-state index in [1.165, 1.54) is 20.8 Å². The number of rotatable bonds is 9. The van der Waals surface area contributed by atoms with E-state index in [9.17, 15) is 29.1 Å². The van der Waals surface area contributed by atoms with Gasteiger partial charge in [-0.3, -0.25) is 9.59 Å². The zero-order chi connectivity index (χ0) is 45.0. The first-order chi connectivity index (χ1) is 28.6. The number of ether oxygens (including phenoxy) is 5. The van der Waals surface area contributed by atoms with Crippen molar-refractivity contribution >= 4 is 35.8 Å². The molecule has 334 valence electrons. The molecule has 3 fully saturated rings. The number of esters is 1. The number of hydrogen-bond acceptors (Lipinski definition) is 14. The average Bonchev–Trinajstić information content (AvgIpc) is 3.54. The molecule has 3 saturated heterocycles. The van der Waals surface area contributed by atoms with Crippen molar-refractivity contribution in [2.75, 3.05) is 20.6 Å². The van der Waals surface area contributed by atoms with Gasteiger partial charge in [-0.15, -0.1) is 0 Å². The van der Waals surface area contributed by atoms with Crippen LogP contribution in [0.4, 0.5) is 14.0 Å². The number of nitrogens with zero attached hydrogens (tertiary/aromatic N) is 3. The Kier molecular flexibility index (Phi) is 14.7. The molecule has 0 aliphatic carbocycles. The van der Waals surface area contributed by atoms with Crippen LogP contribution >= 0.6 is 0 Å². The number of aliphatic hydroxyl groups excluding tert-OH is 1. The van der Waals surface area contributed by atoms with Crippen LogP contribution in [0.2, 0.25) is 0 Å². The molecule has 1 aromatic carbocycles. The molecule has 61 heavy (non-hydrogen) atoms. The van der Waals surface area contributed by atoms with Crippen molar-refractivity contribution in [3.05, 3.63) is 54.2 Å². The van der Waals surface area contributed by atoms with Crippen LogP contribution in [0.1, 0.15) is 80.2 Å². The lowest BCUT2D eigenvalue weighted by Gasteiger charge is -2.47. The summed E-state index contributed by atoms with van der Waals surface area (Å²) in [6, 6.07) is 9.67. The number of ketones is 2. The normalized spacial score (nSPS) is 36.4. The molecule has 16 nitrogen and oxygen atoms in total. The Morgan fingerprint density at radius 1 is 1.07 bits per heavy atom. The van der Waals surface area contributed by atoms with Gasteiger partial charge >= 0.3 is 18.2 Å². The van der Waals surface area contributed by atoms with Crippen molar-refractivity contribution in [2.24, 2.45) is 17.8 Å². The Hall–Kier alpha value is -4.84. The van der Waals surface area contributed by atoms with Crippen molar-refractivity contribution in [3.8, 4) is 11.3 Å². The predicted molar refractivity (Wildman–Crippen MR) is 220 cm³/mol. The average molecular weight is 854 g/mol. The van der Waals surface area contributed by atoms with Crippen molar-refractivity contribution in [2.45, 2.75) is 134 Å². The maximum atomic E-state index is 16.9. The van der Waals surface area contributed by atoms with Crippen LogP contribution in [0, 0.1) is 17.8 Å². The molecule has 0 bridgehead atoms. The third-order valence-corrected chi connectivity index (χ3v) is 12.3. The number of halogens is 1. The number of fused-ring (bicyclic) bond motifs is 1. The summed E-state index contributed by atoms with van der Waals surface area (Å²) in [7, 11) is 3.55. The largest absolute Gasteiger partial charge is 0.455 e. The first-order valence-corrected chi connectivity index (χ1v) is 20.8. The summed E-state index contributed by atoms with van der Waals surface area (Å²) in [5, 5.41) is 24.9. The van der Waals surface area contributed by atoms with E-state index >= 15 is 4.39 Å². The molecular formula is C44H60FN5O11. The Labute approximate surface area is 356 Å². The third kappa shape index (κ3) is 10.3. The second-order valence-electron chi connectivity index (χ2n) is 17.3. The van der Waals surface area contributed by atoms with Gasteiger partial charge in [0.1, 0.15) is 29.7 Å². The number of aromatic nitrogens is 2. The van der Waals surface area contributed by atoms with Gasteiger partial charge in [0.2, 0.25) is 0 Å². The molecule has 0 saturated carbocycles. The molecule has 3 aliphatic rings. The third-order valence-electron chi connectivity index (χ3n) is 12.3. The van der Waals surface area contributed by atoms with Crippen LogP contribution in [-0.2, 0) is 38.1 Å². The van der Waals surface area contributed by atoms with E-state index in [0.29, 0.717) is 12.1 Å². The summed E-state index contributed by atoms with van der Waals surface area (Å²) >= 11 is 0. The Morgan fingerprint density at radius 3 is 2.38 bits per heavy atom. The lowest BCUT2D eigenvalue weighted by atomic mass is 9.73. The van der Waals surface area contributed by atoms with Crippen LogP contribution in [0.15, 0.2) is 48.7 Å². The first kappa shape index (κ1) is 47.2. The highest BCUT2D eigenvalue weighted by atomic mass is 19.1. The summed E-state index contributed by atoms with van der Waals surface area (Å²) in [6.07, 6.45) is -2.57. The number of benzene rings is 1. The van der Waals surface area contributed by atoms with E-state index in [1.54, 1.807) is 71.1 Å². The van der Waals surface area contributed by atoms with E-state index in [0.717, 1.165) is 18.1 Å². The summed E-state index contributed by atoms with van der Waals surface area (Å²) in [6.45, 7) is 11.6. The molecule has 2 aromatic rings. The van der Waals surface area contributed by atoms with Crippen molar-refractivity contribution < 1.29 is 57.2 Å². The number of Topliss-reactive ketones (excluding diaryl/α,β-unsaturated/α-hetero) is 2. The van der Waals surface area contributed by atoms with Crippen LogP contribution in [0.3, 0.4) is 0 Å². The number of carbonyl (C=O) groups is 5. The van der Waals surface area contributed by atoms with Gasteiger partial charge < -0.3 is 44.3 Å². The number of aliphatic hydroxyl groups is 1. The molecule has 3 N–H and O–H groups in total. The summed E-state index contributed by atoms with van der Waals surface area (Å²) in [5.41, 5.74) is -4.43. The Bertz CT molecular complexity index is 1930. The van der Waals surface area contributed by atoms with Crippen molar-refractivity contribution in [1.29, 1.82) is 0 Å². The molecule has 0 radical (unpaired) electrons. The number of hydrogen-bond donors (Lipinski definition) is 3. The maximum Gasteiger partial charge on any atom is 0.408 e. The molecule has 2 amide bonds. The smallest absolute Gasteiger partial charge is 0.408 e. The number of alkyl halides is 1. The van der Waals surface area contributed by atoms with E-state index in [1.807, 2.05) is 30.3 Å². The second kappa shape index (κ2) is 19.1. The van der Waals surface area contributed by atoms with Gasteiger partial charge in [-0.05, 0) is 78.7 Å². The van der Waals surface area contributed by atoms with Crippen LogP contribution in [-0.4, -0.2) is 130 Å². The minimum atomic E-state index is -3.29. The van der Waals surface area contributed by atoms with Gasteiger partial charge in [0, 0.05) is 42.1 Å². The maximum absolute atomic E-state index is 16.9. The van der Waals surface area contributed by atoms with Crippen LogP contribution in [0.5, 0.6) is 0 Å². The minimum absolute atomic E-state index is 0.00816. The van der Waals surface area contributed by atoms with E-state index in [4.69, 9.17) is 23.7 Å². The molecule has 13 atom stereocenters. The molecule has 1 aromatic heterocycles. The predicted octanol–water partition coefficient (Wildman–Crippen LogP) is 4.82. The number of likely N-dealkylation sites (N-methyl/N-ethyl adjacent to an activating group) is 1. The molecule has 4 heterocycles. The van der Waals surface area contributed by atoms with Gasteiger partial charge in [-0.2, -0.15) is 10.2 Å². The standard InChI is InChI=1S/C44H60FN5O11/c1-11-32-44(8)35(48-41(56)61-44)26(4)33(51)24(2)23-42(6,60-40(55)46-20-12-14-28-16-18-29(19-17-28)30-15-13-21-47-49-30)37(27(5)36(53)43(7,45)39(54)58-32)59-38-34(52)31(50(9)10)22-25(3)57-38/h12-19,21,24-27,31-32,34-35,37-38,52H,11,20,22-23H2,1-10H3,(H,46,55)(H,48,56)/b14-12+/t24-,25-,26+,27+,31+,32-,34-,35+,37-,38+,42-,43+,44-/m1/s1. The molecule has 0 unspecified atom stereocenters. The Balaban J connectivity index is 1.50. The van der Waals surface area contributed by atoms with E-state index in [-0.39, 0.29) is 25.2 Å². The fraction of sp³-hybridized carbons (Fsp3) is 0.614. The van der Waals surface area contributed by atoms with Gasteiger partial charge in [0.05, 0.1) is 17.8 Å². The van der Waals surface area contributed by atoms with Crippen LogP contribution < -0.4 is 10.6 Å². The Morgan fingerprint density at radius 2 is 1.75 bits per heavy atom. The highest BCUT2D eigenvalue weighted by Gasteiger charge is 2.60. The first-order valence-electron chi connectivity index (χ1n) is 20.8. The van der Waals surface area contributed by atoms with Gasteiger partial charge in [0.25, 0.3) is 5.67 Å². The van der Waals surface area contributed by atoms with Gasteiger partial charge in [-0.25, -0.2) is 18.8 Å². The number of amides is 2. The van der Waals surface area contributed by atoms with E-state index < -0.39 is 101 Å². The molecule has 5 rings (SSSR count). The second-order valence-corrected chi connectivity index (χ2v) is 17.3. The van der Waals surface area contributed by atoms with Crippen molar-refractivity contribution in [1.82, 2.24) is 25.7 Å². The lowest BCUT2D eigenvalue weighted by molar-refractivity contribution is -0.292. The summed E-state index contributed by atoms with van der Waals surface area (Å²) in [5.74, 6) is -6.69. The number of nitrogens with one attached hydrogen (secondary N) is 2. The molecular weight excluding hydrogens is 794 g/mol. The topological polar surface area (TPSA) is 205 Å².